The van der Waals surface area contributed by atoms with Gasteiger partial charge in [-0.2, -0.15) is 0 Å². The van der Waals surface area contributed by atoms with Crippen molar-refractivity contribution in [2.75, 3.05) is 0 Å². The predicted octanol–water partition coefficient (Wildman–Crippen LogP) is 4.66. The Morgan fingerprint density at radius 1 is 1.00 bits per heavy atom. The minimum absolute atomic E-state index is 0.479. The monoisotopic (exact) mass is 273 g/mol. The molecule has 0 amide bonds. The quantitative estimate of drug-likeness (QED) is 0.861. The molecule has 0 aliphatic carbocycles. The van der Waals surface area contributed by atoms with E-state index in [1.54, 1.807) is 0 Å². The molecule has 19 heavy (non-hydrogen) atoms. The molecule has 0 saturated carbocycles. The standard InChI is InChI=1S/C17H20ClN/c1-12(2)9-13-3-5-14(6-4-13)15-7-8-16(11-19)17(18)10-15/h3-8,10,12H,9,11,19H2,1-2H3. The lowest BCUT2D eigenvalue weighted by molar-refractivity contribution is 0.647. The molecule has 0 aliphatic rings. The van der Waals surface area contributed by atoms with Crippen LogP contribution < -0.4 is 5.73 Å². The molecule has 0 spiro atoms. The largest absolute Gasteiger partial charge is 0.326 e. The summed E-state index contributed by atoms with van der Waals surface area (Å²) in [6.45, 7) is 4.95. The van der Waals surface area contributed by atoms with E-state index in [0.717, 1.165) is 22.6 Å². The van der Waals surface area contributed by atoms with Gasteiger partial charge in [-0.3, -0.25) is 0 Å². The molecular formula is C17H20ClN. The normalized spacial score (nSPS) is 11.0. The van der Waals surface area contributed by atoms with Crippen molar-refractivity contribution in [3.05, 3.63) is 58.6 Å². The van der Waals surface area contributed by atoms with Gasteiger partial charge in [-0.15, -0.1) is 0 Å². The summed E-state index contributed by atoms with van der Waals surface area (Å²) in [5, 5.41) is 0.742. The van der Waals surface area contributed by atoms with Crippen LogP contribution >= 0.6 is 11.6 Å². The molecule has 100 valence electrons. The van der Waals surface area contributed by atoms with E-state index < -0.39 is 0 Å². The summed E-state index contributed by atoms with van der Waals surface area (Å²) in [4.78, 5) is 0. The lowest BCUT2D eigenvalue weighted by Crippen LogP contribution is -1.97. The SMILES string of the molecule is CC(C)Cc1ccc(-c2ccc(CN)c(Cl)c2)cc1. The van der Waals surface area contributed by atoms with E-state index in [1.165, 1.54) is 11.1 Å². The van der Waals surface area contributed by atoms with Gasteiger partial charge in [0.25, 0.3) is 0 Å². The van der Waals surface area contributed by atoms with E-state index in [1.807, 2.05) is 12.1 Å². The van der Waals surface area contributed by atoms with Gasteiger partial charge in [-0.05, 0) is 40.7 Å². The van der Waals surface area contributed by atoms with Crippen molar-refractivity contribution in [2.45, 2.75) is 26.8 Å². The van der Waals surface area contributed by atoms with Gasteiger partial charge in [-0.1, -0.05) is 61.8 Å². The third kappa shape index (κ3) is 3.59. The van der Waals surface area contributed by atoms with E-state index >= 15 is 0 Å². The van der Waals surface area contributed by atoms with Crippen LogP contribution in [0.4, 0.5) is 0 Å². The molecule has 0 radical (unpaired) electrons. The molecule has 0 atom stereocenters. The molecular weight excluding hydrogens is 254 g/mol. The third-order valence-corrected chi connectivity index (χ3v) is 3.56. The predicted molar refractivity (Wildman–Crippen MR) is 83.3 cm³/mol. The first kappa shape index (κ1) is 14.1. The van der Waals surface area contributed by atoms with E-state index in [0.29, 0.717) is 12.5 Å². The van der Waals surface area contributed by atoms with E-state index in [-0.39, 0.29) is 0 Å². The topological polar surface area (TPSA) is 26.0 Å². The molecule has 2 rings (SSSR count). The second kappa shape index (κ2) is 6.23. The average Bonchev–Trinajstić information content (AvgIpc) is 2.39. The Morgan fingerprint density at radius 2 is 1.63 bits per heavy atom. The number of nitrogens with two attached hydrogens (primary N) is 1. The van der Waals surface area contributed by atoms with Crippen molar-refractivity contribution in [2.24, 2.45) is 11.7 Å². The van der Waals surface area contributed by atoms with Gasteiger partial charge in [0, 0.05) is 11.6 Å². The van der Waals surface area contributed by atoms with Crippen LogP contribution in [0.1, 0.15) is 25.0 Å². The molecule has 0 aromatic heterocycles. The van der Waals surface area contributed by atoms with Crippen LogP contribution in [0.15, 0.2) is 42.5 Å². The zero-order valence-corrected chi connectivity index (χ0v) is 12.2. The maximum atomic E-state index is 6.20. The van der Waals surface area contributed by atoms with Crippen molar-refractivity contribution >= 4 is 11.6 Å². The molecule has 0 saturated heterocycles. The number of benzene rings is 2. The van der Waals surface area contributed by atoms with Gasteiger partial charge in [0.1, 0.15) is 0 Å². The smallest absolute Gasteiger partial charge is 0.0457 e. The second-order valence-corrected chi connectivity index (χ2v) is 5.71. The van der Waals surface area contributed by atoms with Crippen LogP contribution in [0.3, 0.4) is 0 Å². The van der Waals surface area contributed by atoms with Crippen LogP contribution in [-0.4, -0.2) is 0 Å². The lowest BCUT2D eigenvalue weighted by Gasteiger charge is -2.08. The second-order valence-electron chi connectivity index (χ2n) is 5.31. The van der Waals surface area contributed by atoms with E-state index in [9.17, 15) is 0 Å². The van der Waals surface area contributed by atoms with Crippen molar-refractivity contribution in [3.8, 4) is 11.1 Å². The van der Waals surface area contributed by atoms with Gasteiger partial charge >= 0.3 is 0 Å². The van der Waals surface area contributed by atoms with E-state index in [4.69, 9.17) is 17.3 Å². The summed E-state index contributed by atoms with van der Waals surface area (Å²) in [5.74, 6) is 0.684. The Bertz CT molecular complexity index is 544. The lowest BCUT2D eigenvalue weighted by atomic mass is 9.98. The Labute approximate surface area is 120 Å². The van der Waals surface area contributed by atoms with Gasteiger partial charge < -0.3 is 5.73 Å². The first-order valence-electron chi connectivity index (χ1n) is 6.68. The number of halogens is 1. The maximum Gasteiger partial charge on any atom is 0.0457 e. The zero-order valence-electron chi connectivity index (χ0n) is 11.5. The Hall–Kier alpha value is -1.31. The summed E-state index contributed by atoms with van der Waals surface area (Å²) >= 11 is 6.20. The van der Waals surface area contributed by atoms with Crippen LogP contribution in [0.2, 0.25) is 5.02 Å². The van der Waals surface area contributed by atoms with Crippen molar-refractivity contribution in [1.82, 2.24) is 0 Å². The fourth-order valence-corrected chi connectivity index (χ4v) is 2.45. The van der Waals surface area contributed by atoms with Crippen molar-refractivity contribution in [1.29, 1.82) is 0 Å². The third-order valence-electron chi connectivity index (χ3n) is 3.20. The molecule has 2 aromatic carbocycles. The highest BCUT2D eigenvalue weighted by Gasteiger charge is 2.03. The highest BCUT2D eigenvalue weighted by molar-refractivity contribution is 6.31. The Balaban J connectivity index is 2.24. The van der Waals surface area contributed by atoms with Crippen LogP contribution in [0.25, 0.3) is 11.1 Å². The molecule has 0 fully saturated rings. The van der Waals surface area contributed by atoms with Crippen LogP contribution in [0, 0.1) is 5.92 Å². The number of hydrogen-bond donors (Lipinski definition) is 1. The number of hydrogen-bond acceptors (Lipinski definition) is 1. The molecule has 1 nitrogen and oxygen atoms in total. The van der Waals surface area contributed by atoms with E-state index in [2.05, 4.69) is 44.2 Å². The van der Waals surface area contributed by atoms with Crippen LogP contribution in [-0.2, 0) is 13.0 Å². The maximum absolute atomic E-state index is 6.20. The van der Waals surface area contributed by atoms with Gasteiger partial charge in [0.05, 0.1) is 0 Å². The molecule has 0 heterocycles. The summed E-state index contributed by atoms with van der Waals surface area (Å²) in [5.41, 5.74) is 10.3. The summed E-state index contributed by atoms with van der Waals surface area (Å²) in [6, 6.07) is 14.8. The molecule has 0 bridgehead atoms. The van der Waals surface area contributed by atoms with Gasteiger partial charge in [0.2, 0.25) is 0 Å². The summed E-state index contributed by atoms with van der Waals surface area (Å²) < 4.78 is 0. The zero-order chi connectivity index (χ0) is 13.8. The van der Waals surface area contributed by atoms with Gasteiger partial charge in [0.15, 0.2) is 0 Å². The van der Waals surface area contributed by atoms with Crippen LogP contribution in [0.5, 0.6) is 0 Å². The molecule has 2 aromatic rings. The minimum atomic E-state index is 0.479. The fraction of sp³-hybridized carbons (Fsp3) is 0.294. The Morgan fingerprint density at radius 3 is 2.16 bits per heavy atom. The highest BCUT2D eigenvalue weighted by Crippen LogP contribution is 2.26. The number of rotatable bonds is 4. The molecule has 0 unspecified atom stereocenters. The fourth-order valence-electron chi connectivity index (χ4n) is 2.20. The first-order chi connectivity index (χ1) is 9.10. The summed E-state index contributed by atoms with van der Waals surface area (Å²) in [6.07, 6.45) is 1.12. The van der Waals surface area contributed by atoms with Crippen molar-refractivity contribution < 1.29 is 0 Å². The molecule has 0 aliphatic heterocycles. The Kier molecular flexibility index (Phi) is 4.62. The first-order valence-corrected chi connectivity index (χ1v) is 7.05. The summed E-state index contributed by atoms with van der Waals surface area (Å²) in [7, 11) is 0. The van der Waals surface area contributed by atoms with Gasteiger partial charge in [-0.25, -0.2) is 0 Å². The minimum Gasteiger partial charge on any atom is -0.326 e. The van der Waals surface area contributed by atoms with Crippen molar-refractivity contribution in [3.63, 3.8) is 0 Å². The highest BCUT2D eigenvalue weighted by atomic mass is 35.5. The molecule has 2 heteroatoms. The average molecular weight is 274 g/mol. The molecule has 2 N–H and O–H groups in total.